The first-order valence-electron chi connectivity index (χ1n) is 6.01. The summed E-state index contributed by atoms with van der Waals surface area (Å²) < 4.78 is 26.3. The van der Waals surface area contributed by atoms with E-state index in [1.165, 1.54) is 6.07 Å². The van der Waals surface area contributed by atoms with Crippen LogP contribution in [0.5, 0.6) is 0 Å². The van der Waals surface area contributed by atoms with E-state index in [4.69, 9.17) is 10.2 Å². The summed E-state index contributed by atoms with van der Waals surface area (Å²) >= 11 is 3.07. The minimum absolute atomic E-state index is 0. The highest BCUT2D eigenvalue weighted by Gasteiger charge is 2.09. The van der Waals surface area contributed by atoms with E-state index in [9.17, 15) is 13.2 Å². The first-order chi connectivity index (χ1) is 9.64. The van der Waals surface area contributed by atoms with Crippen molar-refractivity contribution in [2.24, 2.45) is 5.14 Å². The molecule has 0 aromatic heterocycles. The Morgan fingerprint density at radius 1 is 1.41 bits per heavy atom. The molecule has 22 heavy (non-hydrogen) atoms. The molecule has 10 heteroatoms. The number of nitrogens with one attached hydrogen (secondary N) is 1. The maximum atomic E-state index is 10.8. The van der Waals surface area contributed by atoms with Crippen LogP contribution in [0.4, 0.5) is 4.79 Å². The molecule has 0 heterocycles. The SMILES string of the molecule is CC(C)NCCOC(=O)O.Cl.NS(=O)(=O)c1ccccc1Br. The van der Waals surface area contributed by atoms with Crippen molar-refractivity contribution in [3.8, 4) is 0 Å². The van der Waals surface area contributed by atoms with E-state index in [-0.39, 0.29) is 23.9 Å². The van der Waals surface area contributed by atoms with Gasteiger partial charge in [-0.05, 0) is 28.1 Å². The van der Waals surface area contributed by atoms with Crippen molar-refractivity contribution in [2.45, 2.75) is 24.8 Å². The molecule has 7 nitrogen and oxygen atoms in total. The Bertz CT molecular complexity index is 554. The molecule has 0 saturated heterocycles. The minimum atomic E-state index is -3.58. The van der Waals surface area contributed by atoms with Gasteiger partial charge < -0.3 is 15.2 Å². The second-order valence-corrected chi connectivity index (χ2v) is 6.58. The van der Waals surface area contributed by atoms with Crippen LogP contribution in [0.3, 0.4) is 0 Å². The second-order valence-electron chi connectivity index (χ2n) is 4.20. The average Bonchev–Trinajstić information content (AvgIpc) is 2.34. The summed E-state index contributed by atoms with van der Waals surface area (Å²) in [6.45, 7) is 4.76. The Balaban J connectivity index is 0. The van der Waals surface area contributed by atoms with Crippen LogP contribution in [0, 0.1) is 0 Å². The molecule has 1 aromatic rings. The van der Waals surface area contributed by atoms with Crippen molar-refractivity contribution in [3.63, 3.8) is 0 Å². The summed E-state index contributed by atoms with van der Waals surface area (Å²) in [6.07, 6.45) is -1.22. The number of primary sulfonamides is 1. The zero-order valence-electron chi connectivity index (χ0n) is 12.2. The summed E-state index contributed by atoms with van der Waals surface area (Å²) in [5.41, 5.74) is 0. The standard InChI is InChI=1S/C6H6BrNO2S.C6H13NO3.ClH/c7-5-3-1-2-4-6(5)11(8,9)10;1-5(2)7-3-4-10-6(8)9;/h1-4H,(H2,8,9,10);5,7H,3-4H2,1-2H3,(H,8,9);1H. The Kier molecular flexibility index (Phi) is 12.4. The summed E-state index contributed by atoms with van der Waals surface area (Å²) in [5, 5.41) is 15.9. The van der Waals surface area contributed by atoms with Gasteiger partial charge in [0.1, 0.15) is 6.61 Å². The maximum absolute atomic E-state index is 10.8. The van der Waals surface area contributed by atoms with Crippen LogP contribution < -0.4 is 10.5 Å². The number of carboxylic acid groups (broad SMARTS) is 1. The lowest BCUT2D eigenvalue weighted by Gasteiger charge is -2.06. The van der Waals surface area contributed by atoms with Gasteiger partial charge in [0.25, 0.3) is 0 Å². The number of rotatable bonds is 5. The lowest BCUT2D eigenvalue weighted by molar-refractivity contribution is 0.0919. The van der Waals surface area contributed by atoms with Crippen LogP contribution in [0.15, 0.2) is 33.6 Å². The van der Waals surface area contributed by atoms with Crippen molar-refractivity contribution >= 4 is 44.5 Å². The van der Waals surface area contributed by atoms with Gasteiger partial charge in [-0.15, -0.1) is 12.4 Å². The van der Waals surface area contributed by atoms with E-state index in [0.29, 0.717) is 17.1 Å². The highest BCUT2D eigenvalue weighted by Crippen LogP contribution is 2.19. The number of ether oxygens (including phenoxy) is 1. The fourth-order valence-corrected chi connectivity index (χ4v) is 2.73. The summed E-state index contributed by atoms with van der Waals surface area (Å²) in [5.74, 6) is 0. The fraction of sp³-hybridized carbons (Fsp3) is 0.417. The quantitative estimate of drug-likeness (QED) is 0.497. The van der Waals surface area contributed by atoms with Crippen LogP contribution in [0.1, 0.15) is 13.8 Å². The van der Waals surface area contributed by atoms with Gasteiger partial charge in [-0.3, -0.25) is 0 Å². The number of hydrogen-bond acceptors (Lipinski definition) is 5. The third kappa shape index (κ3) is 11.8. The molecule has 0 bridgehead atoms. The van der Waals surface area contributed by atoms with E-state index < -0.39 is 16.2 Å². The molecule has 0 atom stereocenters. The zero-order chi connectivity index (χ0) is 16.5. The van der Waals surface area contributed by atoms with Gasteiger partial charge in [0.05, 0.1) is 4.90 Å². The number of nitrogens with two attached hydrogens (primary N) is 1. The van der Waals surface area contributed by atoms with Crippen LogP contribution in [0.25, 0.3) is 0 Å². The fourth-order valence-electron chi connectivity index (χ4n) is 1.16. The van der Waals surface area contributed by atoms with Crippen molar-refractivity contribution in [2.75, 3.05) is 13.2 Å². The Labute approximate surface area is 144 Å². The molecule has 0 saturated carbocycles. The highest BCUT2D eigenvalue weighted by atomic mass is 79.9. The molecule has 0 unspecified atom stereocenters. The van der Waals surface area contributed by atoms with Crippen molar-refractivity contribution in [1.29, 1.82) is 0 Å². The molecule has 0 radical (unpaired) electrons. The Morgan fingerprint density at radius 2 is 1.95 bits per heavy atom. The van der Waals surface area contributed by atoms with Gasteiger partial charge in [0.15, 0.2) is 0 Å². The van der Waals surface area contributed by atoms with Crippen LogP contribution >= 0.6 is 28.3 Å². The highest BCUT2D eigenvalue weighted by molar-refractivity contribution is 9.10. The molecule has 0 aliphatic carbocycles. The third-order valence-corrected chi connectivity index (χ3v) is 3.95. The van der Waals surface area contributed by atoms with Crippen LogP contribution in [-0.4, -0.2) is 38.9 Å². The molecule has 128 valence electrons. The average molecular weight is 420 g/mol. The molecule has 4 N–H and O–H groups in total. The molecule has 0 amide bonds. The number of halogens is 2. The Hall–Kier alpha value is -0.870. The van der Waals surface area contributed by atoms with Crippen molar-refractivity contribution in [3.05, 3.63) is 28.7 Å². The first kappa shape index (κ1) is 23.4. The van der Waals surface area contributed by atoms with E-state index in [1.807, 2.05) is 13.8 Å². The van der Waals surface area contributed by atoms with Crippen LogP contribution in [-0.2, 0) is 14.8 Å². The minimum Gasteiger partial charge on any atom is -0.450 e. The molecule has 0 fully saturated rings. The molecule has 0 aliphatic rings. The molecular formula is C12H20BrClN2O5S. The normalized spacial score (nSPS) is 10.2. The topological polar surface area (TPSA) is 119 Å². The molecule has 0 aliphatic heterocycles. The monoisotopic (exact) mass is 418 g/mol. The molecular weight excluding hydrogens is 400 g/mol. The van der Waals surface area contributed by atoms with E-state index >= 15 is 0 Å². The maximum Gasteiger partial charge on any atom is 0.505 e. The van der Waals surface area contributed by atoms with Gasteiger partial charge in [0, 0.05) is 17.1 Å². The van der Waals surface area contributed by atoms with E-state index in [0.717, 1.165) is 0 Å². The van der Waals surface area contributed by atoms with Crippen LogP contribution in [0.2, 0.25) is 0 Å². The third-order valence-electron chi connectivity index (χ3n) is 2.02. The lowest BCUT2D eigenvalue weighted by atomic mass is 10.4. The Morgan fingerprint density at radius 3 is 2.32 bits per heavy atom. The van der Waals surface area contributed by atoms with E-state index in [1.54, 1.807) is 18.2 Å². The lowest BCUT2D eigenvalue weighted by Crippen LogP contribution is -2.27. The van der Waals surface area contributed by atoms with Gasteiger partial charge in [-0.25, -0.2) is 18.4 Å². The smallest absolute Gasteiger partial charge is 0.450 e. The molecule has 1 rings (SSSR count). The predicted octanol–water partition coefficient (Wildman–Crippen LogP) is 2.20. The zero-order valence-corrected chi connectivity index (χ0v) is 15.4. The summed E-state index contributed by atoms with van der Waals surface area (Å²) in [7, 11) is -3.58. The molecule has 0 spiro atoms. The predicted molar refractivity (Wildman–Crippen MR) is 89.9 cm³/mol. The van der Waals surface area contributed by atoms with Gasteiger partial charge in [-0.1, -0.05) is 26.0 Å². The molecule has 1 aromatic carbocycles. The second kappa shape index (κ2) is 11.7. The first-order valence-corrected chi connectivity index (χ1v) is 8.35. The summed E-state index contributed by atoms with van der Waals surface area (Å²) in [6, 6.07) is 6.78. The van der Waals surface area contributed by atoms with Gasteiger partial charge in [0.2, 0.25) is 10.0 Å². The van der Waals surface area contributed by atoms with Gasteiger partial charge in [-0.2, -0.15) is 0 Å². The van der Waals surface area contributed by atoms with E-state index in [2.05, 4.69) is 26.0 Å². The number of hydrogen-bond donors (Lipinski definition) is 3. The number of carbonyl (C=O) groups is 1. The largest absolute Gasteiger partial charge is 0.505 e. The number of benzene rings is 1. The summed E-state index contributed by atoms with van der Waals surface area (Å²) in [4.78, 5) is 9.91. The van der Waals surface area contributed by atoms with Crippen molar-refractivity contribution < 1.29 is 23.1 Å². The van der Waals surface area contributed by atoms with Gasteiger partial charge >= 0.3 is 6.16 Å². The van der Waals surface area contributed by atoms with Crippen molar-refractivity contribution in [1.82, 2.24) is 5.32 Å². The number of sulfonamides is 1.